The molecule has 3 rings (SSSR count). The second kappa shape index (κ2) is 8.93. The standard InChI is InChI=1S/C23H22BrNO3/c1-15-8-10-19(12-16(15)2)28-14-18-13-17(9-11-22(18)27-3)23(26)25-21-7-5-4-6-20(21)24/h4-13H,14H2,1-3H3,(H,25,26). The molecule has 1 amide bonds. The third-order valence-electron chi connectivity index (χ3n) is 4.54. The first kappa shape index (κ1) is 20.0. The predicted molar refractivity (Wildman–Crippen MR) is 115 cm³/mol. The number of amides is 1. The van der Waals surface area contributed by atoms with E-state index >= 15 is 0 Å². The van der Waals surface area contributed by atoms with Crippen LogP contribution in [0.1, 0.15) is 27.0 Å². The number of anilines is 1. The van der Waals surface area contributed by atoms with Crippen molar-refractivity contribution in [1.82, 2.24) is 0 Å². The number of hydrogen-bond acceptors (Lipinski definition) is 3. The summed E-state index contributed by atoms with van der Waals surface area (Å²) in [6, 6.07) is 18.8. The van der Waals surface area contributed by atoms with Crippen LogP contribution < -0.4 is 14.8 Å². The fourth-order valence-corrected chi connectivity index (χ4v) is 3.14. The second-order valence-corrected chi connectivity index (χ2v) is 7.35. The van der Waals surface area contributed by atoms with E-state index in [0.29, 0.717) is 17.9 Å². The highest BCUT2D eigenvalue weighted by Gasteiger charge is 2.12. The Morgan fingerprint density at radius 3 is 2.50 bits per heavy atom. The molecule has 0 atom stereocenters. The van der Waals surface area contributed by atoms with E-state index in [1.54, 1.807) is 25.3 Å². The molecule has 28 heavy (non-hydrogen) atoms. The summed E-state index contributed by atoms with van der Waals surface area (Å²) in [5.74, 6) is 1.27. The number of carbonyl (C=O) groups excluding carboxylic acids is 1. The van der Waals surface area contributed by atoms with Crippen LogP contribution in [0.25, 0.3) is 0 Å². The Kier molecular flexibility index (Phi) is 6.37. The van der Waals surface area contributed by atoms with Crippen LogP contribution >= 0.6 is 15.9 Å². The average Bonchev–Trinajstić information content (AvgIpc) is 2.70. The molecule has 0 saturated carbocycles. The summed E-state index contributed by atoms with van der Waals surface area (Å²) in [7, 11) is 1.61. The fraction of sp³-hybridized carbons (Fsp3) is 0.174. The minimum atomic E-state index is -0.193. The first-order valence-electron chi connectivity index (χ1n) is 8.91. The average molecular weight is 440 g/mol. The van der Waals surface area contributed by atoms with Gasteiger partial charge >= 0.3 is 0 Å². The van der Waals surface area contributed by atoms with Gasteiger partial charge in [-0.2, -0.15) is 0 Å². The van der Waals surface area contributed by atoms with Gasteiger partial charge in [0.15, 0.2) is 0 Å². The van der Waals surface area contributed by atoms with Crippen molar-refractivity contribution in [2.24, 2.45) is 0 Å². The van der Waals surface area contributed by atoms with Crippen LogP contribution in [0, 0.1) is 13.8 Å². The Hall–Kier alpha value is -2.79. The molecule has 5 heteroatoms. The zero-order chi connectivity index (χ0) is 20.1. The summed E-state index contributed by atoms with van der Waals surface area (Å²) in [4.78, 5) is 12.7. The molecular formula is C23H22BrNO3. The van der Waals surface area contributed by atoms with Crippen molar-refractivity contribution in [2.75, 3.05) is 12.4 Å². The van der Waals surface area contributed by atoms with Crippen molar-refractivity contribution in [3.8, 4) is 11.5 Å². The molecule has 1 N–H and O–H groups in total. The SMILES string of the molecule is COc1ccc(C(=O)Nc2ccccc2Br)cc1COc1ccc(C)c(C)c1. The molecule has 0 aliphatic carbocycles. The minimum absolute atomic E-state index is 0.193. The summed E-state index contributed by atoms with van der Waals surface area (Å²) < 4.78 is 12.2. The van der Waals surface area contributed by atoms with Crippen molar-refractivity contribution in [1.29, 1.82) is 0 Å². The molecule has 0 fully saturated rings. The van der Waals surface area contributed by atoms with Gasteiger partial charge in [0.25, 0.3) is 5.91 Å². The molecule has 4 nitrogen and oxygen atoms in total. The van der Waals surface area contributed by atoms with E-state index in [-0.39, 0.29) is 5.91 Å². The summed E-state index contributed by atoms with van der Waals surface area (Å²) >= 11 is 3.44. The Labute approximate surface area is 173 Å². The Morgan fingerprint density at radius 1 is 1.00 bits per heavy atom. The van der Waals surface area contributed by atoms with Gasteiger partial charge in [-0.25, -0.2) is 0 Å². The van der Waals surface area contributed by atoms with E-state index in [2.05, 4.69) is 35.1 Å². The van der Waals surface area contributed by atoms with Gasteiger partial charge in [0.05, 0.1) is 12.8 Å². The number of rotatable bonds is 6. The van der Waals surface area contributed by atoms with E-state index in [1.807, 2.05) is 42.5 Å². The van der Waals surface area contributed by atoms with Crippen LogP contribution in [-0.2, 0) is 6.61 Å². The Bertz CT molecular complexity index is 1000. The zero-order valence-corrected chi connectivity index (χ0v) is 17.7. The third kappa shape index (κ3) is 4.73. The number of benzene rings is 3. The maximum absolute atomic E-state index is 12.7. The van der Waals surface area contributed by atoms with Crippen LogP contribution in [0.2, 0.25) is 0 Å². The van der Waals surface area contributed by atoms with Crippen molar-refractivity contribution >= 4 is 27.5 Å². The maximum Gasteiger partial charge on any atom is 0.255 e. The topological polar surface area (TPSA) is 47.6 Å². The lowest BCUT2D eigenvalue weighted by atomic mass is 10.1. The first-order valence-corrected chi connectivity index (χ1v) is 9.70. The van der Waals surface area contributed by atoms with Crippen LogP contribution in [-0.4, -0.2) is 13.0 Å². The second-order valence-electron chi connectivity index (χ2n) is 6.50. The summed E-state index contributed by atoms with van der Waals surface area (Å²) in [6.07, 6.45) is 0. The van der Waals surface area contributed by atoms with Crippen molar-refractivity contribution < 1.29 is 14.3 Å². The normalized spacial score (nSPS) is 10.4. The highest BCUT2D eigenvalue weighted by molar-refractivity contribution is 9.10. The lowest BCUT2D eigenvalue weighted by Gasteiger charge is -2.13. The molecule has 0 aliphatic rings. The van der Waals surface area contributed by atoms with Crippen LogP contribution in [0.4, 0.5) is 5.69 Å². The van der Waals surface area contributed by atoms with Gasteiger partial charge in [-0.15, -0.1) is 0 Å². The molecule has 0 aromatic heterocycles. The Morgan fingerprint density at radius 2 is 1.79 bits per heavy atom. The van der Waals surface area contributed by atoms with Crippen molar-refractivity contribution in [2.45, 2.75) is 20.5 Å². The number of para-hydroxylation sites is 1. The van der Waals surface area contributed by atoms with Gasteiger partial charge < -0.3 is 14.8 Å². The first-order chi connectivity index (χ1) is 13.5. The number of nitrogens with one attached hydrogen (secondary N) is 1. The lowest BCUT2D eigenvalue weighted by molar-refractivity contribution is 0.102. The highest BCUT2D eigenvalue weighted by atomic mass is 79.9. The van der Waals surface area contributed by atoms with Crippen LogP contribution in [0.3, 0.4) is 0 Å². The lowest BCUT2D eigenvalue weighted by Crippen LogP contribution is -2.13. The summed E-state index contributed by atoms with van der Waals surface area (Å²) in [6.45, 7) is 4.42. The molecule has 0 spiro atoms. The monoisotopic (exact) mass is 439 g/mol. The molecule has 0 heterocycles. The molecular weight excluding hydrogens is 418 g/mol. The van der Waals surface area contributed by atoms with E-state index in [0.717, 1.165) is 21.5 Å². The number of carbonyl (C=O) groups is 1. The quantitative estimate of drug-likeness (QED) is 0.519. The van der Waals surface area contributed by atoms with Crippen LogP contribution in [0.15, 0.2) is 65.1 Å². The molecule has 0 saturated heterocycles. The number of aryl methyl sites for hydroxylation is 2. The van der Waals surface area contributed by atoms with E-state index < -0.39 is 0 Å². The fourth-order valence-electron chi connectivity index (χ4n) is 2.75. The summed E-state index contributed by atoms with van der Waals surface area (Å²) in [5, 5.41) is 2.91. The molecule has 0 aliphatic heterocycles. The maximum atomic E-state index is 12.7. The van der Waals surface area contributed by atoms with Gasteiger partial charge in [0.1, 0.15) is 18.1 Å². The molecule has 3 aromatic carbocycles. The molecule has 0 bridgehead atoms. The van der Waals surface area contributed by atoms with Crippen molar-refractivity contribution in [3.05, 3.63) is 87.4 Å². The smallest absolute Gasteiger partial charge is 0.255 e. The third-order valence-corrected chi connectivity index (χ3v) is 5.23. The van der Waals surface area contributed by atoms with E-state index in [4.69, 9.17) is 9.47 Å². The van der Waals surface area contributed by atoms with Crippen LogP contribution in [0.5, 0.6) is 11.5 Å². The van der Waals surface area contributed by atoms with Gasteiger partial charge in [-0.3, -0.25) is 4.79 Å². The van der Waals surface area contributed by atoms with E-state index in [1.165, 1.54) is 11.1 Å². The van der Waals surface area contributed by atoms with Gasteiger partial charge in [-0.05, 0) is 83.4 Å². The minimum Gasteiger partial charge on any atom is -0.496 e. The number of ether oxygens (including phenoxy) is 2. The van der Waals surface area contributed by atoms with E-state index in [9.17, 15) is 4.79 Å². The molecule has 0 radical (unpaired) electrons. The highest BCUT2D eigenvalue weighted by Crippen LogP contribution is 2.25. The van der Waals surface area contributed by atoms with Gasteiger partial charge in [-0.1, -0.05) is 18.2 Å². The number of methoxy groups -OCH3 is 1. The summed E-state index contributed by atoms with van der Waals surface area (Å²) in [5.41, 5.74) is 4.45. The predicted octanol–water partition coefficient (Wildman–Crippen LogP) is 5.91. The zero-order valence-electron chi connectivity index (χ0n) is 16.1. The number of hydrogen-bond donors (Lipinski definition) is 1. The number of halogens is 1. The van der Waals surface area contributed by atoms with Gasteiger partial charge in [0, 0.05) is 15.6 Å². The Balaban J connectivity index is 1.78. The molecule has 0 unspecified atom stereocenters. The molecule has 3 aromatic rings. The van der Waals surface area contributed by atoms with Crippen molar-refractivity contribution in [3.63, 3.8) is 0 Å². The molecule has 144 valence electrons. The van der Waals surface area contributed by atoms with Gasteiger partial charge in [0.2, 0.25) is 0 Å². The largest absolute Gasteiger partial charge is 0.496 e.